The highest BCUT2D eigenvalue weighted by Gasteiger charge is 2.21. The topological polar surface area (TPSA) is 47.8 Å². The van der Waals surface area contributed by atoms with Gasteiger partial charge in [0.1, 0.15) is 11.6 Å². The second kappa shape index (κ2) is 9.91. The number of nitrogens with zero attached hydrogens (tertiary/aromatic N) is 3. The molecule has 0 saturated carbocycles. The molecule has 0 spiro atoms. The Morgan fingerprint density at radius 2 is 1.64 bits per heavy atom. The van der Waals surface area contributed by atoms with E-state index in [0.717, 1.165) is 36.5 Å². The highest BCUT2D eigenvalue weighted by molar-refractivity contribution is 7.24. The van der Waals surface area contributed by atoms with Crippen molar-refractivity contribution in [2.24, 2.45) is 0 Å². The van der Waals surface area contributed by atoms with Gasteiger partial charge in [0.2, 0.25) is 0 Å². The largest absolute Gasteiger partial charge is 0.292 e. The van der Waals surface area contributed by atoms with Gasteiger partial charge in [-0.1, -0.05) is 42.5 Å². The summed E-state index contributed by atoms with van der Waals surface area (Å²) in [5, 5.41) is 1.03. The van der Waals surface area contributed by atoms with Crippen LogP contribution in [0.4, 0.5) is 4.39 Å². The van der Waals surface area contributed by atoms with Crippen LogP contribution in [0.15, 0.2) is 65.5 Å². The van der Waals surface area contributed by atoms with Crippen LogP contribution in [-0.2, 0) is 13.0 Å². The van der Waals surface area contributed by atoms with Crippen LogP contribution in [0, 0.1) is 33.5 Å². The Morgan fingerprint density at radius 3 is 2.33 bits per heavy atom. The lowest BCUT2D eigenvalue weighted by molar-refractivity contribution is 0.626. The first-order chi connectivity index (χ1) is 17.3. The van der Waals surface area contributed by atoms with Crippen molar-refractivity contribution in [1.82, 2.24) is 14.5 Å². The van der Waals surface area contributed by atoms with Gasteiger partial charge >= 0.3 is 0 Å². The Hall–Kier alpha value is -3.42. The third kappa shape index (κ3) is 4.68. The Labute approximate surface area is 217 Å². The first kappa shape index (κ1) is 24.3. The summed E-state index contributed by atoms with van der Waals surface area (Å²) in [5.74, 6) is 0.131. The highest BCUT2D eigenvalue weighted by Crippen LogP contribution is 2.41. The maximum Gasteiger partial charge on any atom is 0.262 e. The van der Waals surface area contributed by atoms with Crippen molar-refractivity contribution < 1.29 is 4.39 Å². The molecule has 0 N–H and O–H groups in total. The number of hydrogen-bond acceptors (Lipinski definition) is 5. The normalized spacial score (nSPS) is 11.2. The standard InChI is InChI=1S/C29H26FN3OS2/c1-17-15-24(36-26(17)27-19(3)31-20(4)35-27)25-18(2)32-28(22-11-8-12-23(30)16-22)33(29(25)34)14-13-21-9-6-5-7-10-21/h5-12,15-16H,13-14H2,1-4H3. The maximum absolute atomic E-state index is 14.1. The minimum Gasteiger partial charge on any atom is -0.292 e. The predicted octanol–water partition coefficient (Wildman–Crippen LogP) is 7.38. The highest BCUT2D eigenvalue weighted by atomic mass is 32.1. The van der Waals surface area contributed by atoms with Gasteiger partial charge in [-0.05, 0) is 63.4 Å². The number of rotatable bonds is 6. The summed E-state index contributed by atoms with van der Waals surface area (Å²) in [4.78, 5) is 26.7. The predicted molar refractivity (Wildman–Crippen MR) is 147 cm³/mol. The fourth-order valence-electron chi connectivity index (χ4n) is 4.46. The molecule has 2 aromatic carbocycles. The molecule has 36 heavy (non-hydrogen) atoms. The summed E-state index contributed by atoms with van der Waals surface area (Å²) >= 11 is 3.28. The molecule has 0 amide bonds. The van der Waals surface area contributed by atoms with Gasteiger partial charge in [0, 0.05) is 21.9 Å². The molecular formula is C29H26FN3OS2. The van der Waals surface area contributed by atoms with E-state index in [1.165, 1.54) is 12.1 Å². The Morgan fingerprint density at radius 1 is 0.861 bits per heavy atom. The van der Waals surface area contributed by atoms with Crippen LogP contribution >= 0.6 is 22.7 Å². The quantitative estimate of drug-likeness (QED) is 0.237. The molecule has 0 aliphatic rings. The second-order valence-corrected chi connectivity index (χ2v) is 11.1. The molecule has 0 bridgehead atoms. The van der Waals surface area contributed by atoms with E-state index >= 15 is 0 Å². The number of hydrogen-bond donors (Lipinski definition) is 0. The van der Waals surface area contributed by atoms with Crippen molar-refractivity contribution in [3.05, 3.63) is 104 Å². The molecule has 0 aliphatic carbocycles. The Bertz CT molecular complexity index is 1620. The first-order valence-corrected chi connectivity index (χ1v) is 13.4. The van der Waals surface area contributed by atoms with Crippen molar-refractivity contribution in [2.75, 3.05) is 0 Å². The van der Waals surface area contributed by atoms with Crippen molar-refractivity contribution in [3.63, 3.8) is 0 Å². The average Bonchev–Trinajstić information content (AvgIpc) is 3.39. The van der Waals surface area contributed by atoms with Gasteiger partial charge in [-0.15, -0.1) is 22.7 Å². The van der Waals surface area contributed by atoms with Crippen LogP contribution < -0.4 is 5.56 Å². The minimum atomic E-state index is -0.355. The van der Waals surface area contributed by atoms with Crippen LogP contribution in [0.25, 0.3) is 31.6 Å². The van der Waals surface area contributed by atoms with Gasteiger partial charge in [-0.2, -0.15) is 0 Å². The Kier molecular flexibility index (Phi) is 6.69. The van der Waals surface area contributed by atoms with Gasteiger partial charge in [-0.3, -0.25) is 9.36 Å². The van der Waals surface area contributed by atoms with Crippen molar-refractivity contribution >= 4 is 22.7 Å². The lowest BCUT2D eigenvalue weighted by atomic mass is 10.1. The van der Waals surface area contributed by atoms with Gasteiger partial charge in [0.25, 0.3) is 5.56 Å². The molecule has 4 nitrogen and oxygen atoms in total. The number of halogens is 1. The summed E-state index contributed by atoms with van der Waals surface area (Å²) in [7, 11) is 0. The van der Waals surface area contributed by atoms with Crippen LogP contribution in [0.3, 0.4) is 0 Å². The third-order valence-corrected chi connectivity index (χ3v) is 8.67. The van der Waals surface area contributed by atoms with E-state index in [0.29, 0.717) is 35.6 Å². The van der Waals surface area contributed by atoms with E-state index in [2.05, 4.69) is 18.0 Å². The maximum atomic E-state index is 14.1. The summed E-state index contributed by atoms with van der Waals surface area (Å²) in [6.45, 7) is 8.41. The zero-order valence-corrected chi connectivity index (χ0v) is 22.3. The minimum absolute atomic E-state index is 0.109. The van der Waals surface area contributed by atoms with E-state index in [9.17, 15) is 9.18 Å². The lowest BCUT2D eigenvalue weighted by Gasteiger charge is -2.16. The monoisotopic (exact) mass is 515 g/mol. The van der Waals surface area contributed by atoms with Crippen LogP contribution in [-0.4, -0.2) is 14.5 Å². The molecule has 0 aliphatic heterocycles. The molecule has 0 radical (unpaired) electrons. The summed E-state index contributed by atoms with van der Waals surface area (Å²) in [6, 6.07) is 18.4. The average molecular weight is 516 g/mol. The van der Waals surface area contributed by atoms with Crippen LogP contribution in [0.5, 0.6) is 0 Å². The number of aromatic nitrogens is 3. The number of thiophene rings is 1. The molecular weight excluding hydrogens is 489 g/mol. The molecule has 0 atom stereocenters. The fourth-order valence-corrected chi connectivity index (χ4v) is 6.89. The molecule has 3 aromatic heterocycles. The molecule has 182 valence electrons. The number of thiazole rings is 1. The summed E-state index contributed by atoms with van der Waals surface area (Å²) in [6.07, 6.45) is 0.668. The Balaban J connectivity index is 1.65. The number of benzene rings is 2. The molecule has 3 heterocycles. The smallest absolute Gasteiger partial charge is 0.262 e. The van der Waals surface area contributed by atoms with Crippen LogP contribution in [0.2, 0.25) is 0 Å². The molecule has 7 heteroatoms. The number of aryl methyl sites for hydroxylation is 5. The van der Waals surface area contributed by atoms with Crippen molar-refractivity contribution in [2.45, 2.75) is 40.7 Å². The first-order valence-electron chi connectivity index (χ1n) is 11.8. The lowest BCUT2D eigenvalue weighted by Crippen LogP contribution is -2.27. The van der Waals surface area contributed by atoms with E-state index < -0.39 is 0 Å². The third-order valence-electron chi connectivity index (χ3n) is 6.17. The molecule has 0 saturated heterocycles. The summed E-state index contributed by atoms with van der Waals surface area (Å²) < 4.78 is 15.8. The van der Waals surface area contributed by atoms with Gasteiger partial charge in [0.15, 0.2) is 0 Å². The molecule has 0 fully saturated rings. The van der Waals surface area contributed by atoms with Gasteiger partial charge < -0.3 is 0 Å². The van der Waals surface area contributed by atoms with E-state index in [1.54, 1.807) is 39.4 Å². The summed E-state index contributed by atoms with van der Waals surface area (Å²) in [5.41, 5.74) is 4.97. The molecule has 5 aromatic rings. The zero-order chi connectivity index (χ0) is 25.4. The molecule has 5 rings (SSSR count). The van der Waals surface area contributed by atoms with E-state index in [4.69, 9.17) is 4.98 Å². The fraction of sp³-hybridized carbons (Fsp3) is 0.207. The van der Waals surface area contributed by atoms with E-state index in [1.807, 2.05) is 51.1 Å². The van der Waals surface area contributed by atoms with Crippen molar-refractivity contribution in [3.8, 4) is 31.6 Å². The van der Waals surface area contributed by atoms with Gasteiger partial charge in [-0.25, -0.2) is 14.4 Å². The van der Waals surface area contributed by atoms with Crippen LogP contribution in [0.1, 0.15) is 27.5 Å². The SMILES string of the molecule is Cc1nc(C)c(-c2sc(-c3c(C)nc(-c4cccc(F)c4)n(CCc4ccccc4)c3=O)cc2C)s1. The second-order valence-electron chi connectivity index (χ2n) is 8.87. The van der Waals surface area contributed by atoms with Gasteiger partial charge in [0.05, 0.1) is 26.8 Å². The molecule has 0 unspecified atom stereocenters. The van der Waals surface area contributed by atoms with Crippen molar-refractivity contribution in [1.29, 1.82) is 0 Å². The van der Waals surface area contributed by atoms with E-state index in [-0.39, 0.29) is 11.4 Å². The zero-order valence-electron chi connectivity index (χ0n) is 20.6.